The molecular weight excluding hydrogens is 312 g/mol. The molecule has 0 saturated carbocycles. The van der Waals surface area contributed by atoms with E-state index in [0.29, 0.717) is 5.41 Å². The van der Waals surface area contributed by atoms with Gasteiger partial charge in [0.25, 0.3) is 5.97 Å². The quantitative estimate of drug-likeness (QED) is 0.335. The van der Waals surface area contributed by atoms with E-state index in [-0.39, 0.29) is 5.92 Å². The summed E-state index contributed by atoms with van der Waals surface area (Å²) in [6, 6.07) is 10.4. The van der Waals surface area contributed by atoms with Gasteiger partial charge in [-0.1, -0.05) is 83.2 Å². The molecule has 0 amide bonds. The molecular formula is C22H38O3. The number of benzene rings is 1. The smallest absolute Gasteiger partial charge is 0.289 e. The predicted molar refractivity (Wildman–Crippen MR) is 105 cm³/mol. The van der Waals surface area contributed by atoms with Gasteiger partial charge in [-0.25, -0.2) is 0 Å². The van der Waals surface area contributed by atoms with E-state index >= 15 is 0 Å². The van der Waals surface area contributed by atoms with Crippen LogP contribution in [0.4, 0.5) is 0 Å². The van der Waals surface area contributed by atoms with Crippen molar-refractivity contribution < 1.29 is 14.2 Å². The van der Waals surface area contributed by atoms with Crippen molar-refractivity contribution in [1.82, 2.24) is 0 Å². The average molecular weight is 351 g/mol. The van der Waals surface area contributed by atoms with Crippen LogP contribution in [0.5, 0.6) is 0 Å². The fourth-order valence-corrected chi connectivity index (χ4v) is 3.44. The number of hydrogen-bond acceptors (Lipinski definition) is 3. The zero-order valence-corrected chi connectivity index (χ0v) is 17.1. The van der Waals surface area contributed by atoms with Gasteiger partial charge < -0.3 is 14.2 Å². The highest BCUT2D eigenvalue weighted by atomic mass is 16.9. The van der Waals surface area contributed by atoms with Gasteiger partial charge in [0.15, 0.2) is 0 Å². The standard InChI is InChI=1S/C22H38O3/c1-21(2,3)18-14-9-7-8-13-17-20(19-15-11-10-12-16-19)22(23-4,24-5)25-6/h10-12,15-16,20H,7-9,13-14,17-18H2,1-6H3. The average Bonchev–Trinajstić information content (AvgIpc) is 2.60. The van der Waals surface area contributed by atoms with Gasteiger partial charge in [0.05, 0.1) is 5.92 Å². The summed E-state index contributed by atoms with van der Waals surface area (Å²) < 4.78 is 16.9. The van der Waals surface area contributed by atoms with Gasteiger partial charge >= 0.3 is 0 Å². The summed E-state index contributed by atoms with van der Waals surface area (Å²) in [6.07, 6.45) is 8.60. The summed E-state index contributed by atoms with van der Waals surface area (Å²) in [4.78, 5) is 0. The molecule has 0 aliphatic rings. The molecule has 3 heteroatoms. The van der Waals surface area contributed by atoms with Crippen LogP contribution >= 0.6 is 0 Å². The second kappa shape index (κ2) is 10.9. The van der Waals surface area contributed by atoms with E-state index in [9.17, 15) is 0 Å². The minimum Gasteiger partial charge on any atom is -0.330 e. The lowest BCUT2D eigenvalue weighted by Gasteiger charge is -2.36. The fraction of sp³-hybridized carbons (Fsp3) is 0.727. The zero-order valence-electron chi connectivity index (χ0n) is 17.1. The minimum atomic E-state index is -1.02. The second-order valence-electron chi connectivity index (χ2n) is 8.05. The van der Waals surface area contributed by atoms with Gasteiger partial charge in [-0.2, -0.15) is 0 Å². The van der Waals surface area contributed by atoms with E-state index in [1.807, 2.05) is 6.07 Å². The van der Waals surface area contributed by atoms with E-state index in [1.165, 1.54) is 37.7 Å². The van der Waals surface area contributed by atoms with Crippen LogP contribution in [0.25, 0.3) is 0 Å². The molecule has 0 bridgehead atoms. The summed E-state index contributed by atoms with van der Waals surface area (Å²) in [5.41, 5.74) is 1.65. The maximum atomic E-state index is 5.64. The van der Waals surface area contributed by atoms with Crippen molar-refractivity contribution in [3.8, 4) is 0 Å². The van der Waals surface area contributed by atoms with Gasteiger partial charge in [0.2, 0.25) is 0 Å². The third-order valence-corrected chi connectivity index (χ3v) is 4.90. The maximum absolute atomic E-state index is 5.64. The van der Waals surface area contributed by atoms with Crippen LogP contribution < -0.4 is 0 Å². The molecule has 0 aliphatic carbocycles. The van der Waals surface area contributed by atoms with Gasteiger partial charge in [-0.05, 0) is 23.8 Å². The fourth-order valence-electron chi connectivity index (χ4n) is 3.44. The Bertz CT molecular complexity index is 438. The Kier molecular flexibility index (Phi) is 9.70. The molecule has 25 heavy (non-hydrogen) atoms. The topological polar surface area (TPSA) is 27.7 Å². The lowest BCUT2D eigenvalue weighted by Crippen LogP contribution is -2.42. The molecule has 1 aromatic carbocycles. The van der Waals surface area contributed by atoms with Crippen LogP contribution in [0, 0.1) is 5.41 Å². The van der Waals surface area contributed by atoms with Crippen LogP contribution in [0.3, 0.4) is 0 Å². The first-order valence-corrected chi connectivity index (χ1v) is 9.59. The molecule has 1 atom stereocenters. The molecule has 0 spiro atoms. The Hall–Kier alpha value is -0.900. The highest BCUT2D eigenvalue weighted by Crippen LogP contribution is 2.37. The lowest BCUT2D eigenvalue weighted by molar-refractivity contribution is -0.365. The Morgan fingerprint density at radius 1 is 0.760 bits per heavy atom. The van der Waals surface area contributed by atoms with Gasteiger partial charge in [-0.3, -0.25) is 0 Å². The van der Waals surface area contributed by atoms with Crippen LogP contribution in [-0.4, -0.2) is 27.3 Å². The second-order valence-corrected chi connectivity index (χ2v) is 8.05. The van der Waals surface area contributed by atoms with E-state index in [0.717, 1.165) is 12.8 Å². The molecule has 0 heterocycles. The van der Waals surface area contributed by atoms with E-state index in [4.69, 9.17) is 14.2 Å². The number of rotatable bonds is 12. The van der Waals surface area contributed by atoms with Crippen molar-refractivity contribution in [2.24, 2.45) is 5.41 Å². The molecule has 0 saturated heterocycles. The van der Waals surface area contributed by atoms with Crippen LogP contribution in [0.2, 0.25) is 0 Å². The van der Waals surface area contributed by atoms with Crippen molar-refractivity contribution in [3.63, 3.8) is 0 Å². The monoisotopic (exact) mass is 350 g/mol. The van der Waals surface area contributed by atoms with Crippen molar-refractivity contribution in [2.45, 2.75) is 77.6 Å². The number of unbranched alkanes of at least 4 members (excludes halogenated alkanes) is 4. The van der Waals surface area contributed by atoms with Gasteiger partial charge in [0.1, 0.15) is 0 Å². The van der Waals surface area contributed by atoms with Crippen molar-refractivity contribution in [3.05, 3.63) is 35.9 Å². The summed E-state index contributed by atoms with van der Waals surface area (Å²) in [5, 5.41) is 0. The van der Waals surface area contributed by atoms with E-state index in [1.54, 1.807) is 21.3 Å². The number of methoxy groups -OCH3 is 3. The molecule has 1 rings (SSSR count). The minimum absolute atomic E-state index is 0.0586. The predicted octanol–water partition coefficient (Wildman–Crippen LogP) is 6.14. The van der Waals surface area contributed by atoms with Crippen molar-refractivity contribution in [1.29, 1.82) is 0 Å². The van der Waals surface area contributed by atoms with Crippen LogP contribution in [0.15, 0.2) is 30.3 Å². The third-order valence-electron chi connectivity index (χ3n) is 4.90. The Morgan fingerprint density at radius 2 is 1.28 bits per heavy atom. The zero-order chi connectivity index (χ0) is 18.8. The first-order chi connectivity index (χ1) is 11.9. The summed E-state index contributed by atoms with van der Waals surface area (Å²) in [5.74, 6) is -0.962. The molecule has 144 valence electrons. The van der Waals surface area contributed by atoms with Gasteiger partial charge in [0, 0.05) is 21.3 Å². The molecule has 0 N–H and O–H groups in total. The first-order valence-electron chi connectivity index (χ1n) is 9.59. The van der Waals surface area contributed by atoms with Crippen LogP contribution in [-0.2, 0) is 14.2 Å². The summed E-state index contributed by atoms with van der Waals surface area (Å²) in [7, 11) is 4.94. The Morgan fingerprint density at radius 3 is 1.80 bits per heavy atom. The summed E-state index contributed by atoms with van der Waals surface area (Å²) >= 11 is 0. The molecule has 1 unspecified atom stereocenters. The van der Waals surface area contributed by atoms with E-state index < -0.39 is 5.97 Å². The molecule has 0 aromatic heterocycles. The van der Waals surface area contributed by atoms with Gasteiger partial charge in [-0.15, -0.1) is 0 Å². The van der Waals surface area contributed by atoms with Crippen molar-refractivity contribution in [2.75, 3.05) is 21.3 Å². The summed E-state index contributed by atoms with van der Waals surface area (Å²) in [6.45, 7) is 6.95. The Balaban J connectivity index is 2.55. The lowest BCUT2D eigenvalue weighted by atomic mass is 9.88. The van der Waals surface area contributed by atoms with Crippen molar-refractivity contribution >= 4 is 0 Å². The third kappa shape index (κ3) is 7.47. The largest absolute Gasteiger partial charge is 0.330 e. The van der Waals surface area contributed by atoms with Crippen LogP contribution in [0.1, 0.15) is 77.2 Å². The Labute approximate surface area is 155 Å². The maximum Gasteiger partial charge on any atom is 0.289 e. The SMILES string of the molecule is COC(OC)(OC)C(CCCCCCCC(C)(C)C)c1ccccc1. The molecule has 3 nitrogen and oxygen atoms in total. The normalized spacial score (nSPS) is 13.8. The first kappa shape index (κ1) is 22.1. The molecule has 0 aliphatic heterocycles. The highest BCUT2D eigenvalue weighted by molar-refractivity contribution is 5.21. The number of hydrogen-bond donors (Lipinski definition) is 0. The molecule has 0 radical (unpaired) electrons. The highest BCUT2D eigenvalue weighted by Gasteiger charge is 2.40. The molecule has 1 aromatic rings. The number of ether oxygens (including phenoxy) is 3. The molecule has 0 fully saturated rings. The van der Waals surface area contributed by atoms with E-state index in [2.05, 4.69) is 45.0 Å².